The van der Waals surface area contributed by atoms with E-state index in [9.17, 15) is 0 Å². The second-order valence-electron chi connectivity index (χ2n) is 6.33. The second kappa shape index (κ2) is 12.4. The number of hydrogen-bond acceptors (Lipinski definition) is 3. The topological polar surface area (TPSA) is 54.9 Å². The zero-order valence-corrected chi connectivity index (χ0v) is 18.0. The minimum atomic E-state index is 0. The molecule has 0 unspecified atom stereocenters. The average Bonchev–Trinajstić information content (AvgIpc) is 3.40. The molecule has 0 spiro atoms. The third-order valence-corrected chi connectivity index (χ3v) is 3.98. The van der Waals surface area contributed by atoms with Crippen LogP contribution in [0.4, 0.5) is 0 Å². The van der Waals surface area contributed by atoms with Gasteiger partial charge in [-0.25, -0.2) is 4.99 Å². The number of nitrogens with zero attached hydrogens (tertiary/aromatic N) is 1. The van der Waals surface area contributed by atoms with Gasteiger partial charge in [-0.1, -0.05) is 12.1 Å². The number of nitrogens with one attached hydrogen (secondary N) is 2. The molecule has 1 aromatic rings. The van der Waals surface area contributed by atoms with Gasteiger partial charge in [0, 0.05) is 38.8 Å². The largest absolute Gasteiger partial charge is 0.493 e. The van der Waals surface area contributed by atoms with E-state index in [4.69, 9.17) is 14.5 Å². The molecule has 142 valence electrons. The number of aliphatic imine (C=N–C) groups is 1. The Bertz CT molecular complexity index is 533. The molecule has 1 fully saturated rings. The third kappa shape index (κ3) is 8.76. The molecule has 25 heavy (non-hydrogen) atoms. The number of aryl methyl sites for hydroxylation is 1. The third-order valence-electron chi connectivity index (χ3n) is 3.98. The Morgan fingerprint density at radius 1 is 1.24 bits per heavy atom. The molecule has 2 N–H and O–H groups in total. The van der Waals surface area contributed by atoms with Crippen molar-refractivity contribution in [1.29, 1.82) is 0 Å². The molecule has 0 heterocycles. The highest BCUT2D eigenvalue weighted by molar-refractivity contribution is 14.0. The number of ether oxygens (including phenoxy) is 2. The van der Waals surface area contributed by atoms with E-state index in [2.05, 4.69) is 42.7 Å². The zero-order chi connectivity index (χ0) is 17.2. The molecule has 1 aromatic carbocycles. The molecular formula is C19H32IN3O2. The lowest BCUT2D eigenvalue weighted by atomic mass is 10.1. The van der Waals surface area contributed by atoms with Crippen LogP contribution in [0, 0.1) is 12.8 Å². The van der Waals surface area contributed by atoms with Gasteiger partial charge in [-0.3, -0.25) is 0 Å². The van der Waals surface area contributed by atoms with E-state index < -0.39 is 0 Å². The van der Waals surface area contributed by atoms with Crippen LogP contribution in [-0.2, 0) is 11.3 Å². The van der Waals surface area contributed by atoms with Crippen molar-refractivity contribution in [3.63, 3.8) is 0 Å². The standard InChI is InChI=1S/C19H31N3O2.HI/c1-4-20-19(21-13-16-7-8-16)22-14-17-9-6-15(2)12-18(17)24-11-5-10-23-3;/h6,9,12,16H,4-5,7-8,10-11,13-14H2,1-3H3,(H2,20,21,22);1H. The van der Waals surface area contributed by atoms with Crippen molar-refractivity contribution in [2.75, 3.05) is 33.4 Å². The normalized spacial score (nSPS) is 14.0. The van der Waals surface area contributed by atoms with Gasteiger partial charge in [0.15, 0.2) is 5.96 Å². The Kier molecular flexibility index (Phi) is 10.9. The highest BCUT2D eigenvalue weighted by Crippen LogP contribution is 2.27. The maximum atomic E-state index is 5.93. The lowest BCUT2D eigenvalue weighted by molar-refractivity contribution is 0.172. The molecule has 0 atom stereocenters. The predicted molar refractivity (Wildman–Crippen MR) is 114 cm³/mol. The van der Waals surface area contributed by atoms with Gasteiger partial charge in [0.2, 0.25) is 0 Å². The SMILES string of the molecule is CCNC(=NCc1ccc(C)cc1OCCCOC)NCC1CC1.I. The zero-order valence-electron chi connectivity index (χ0n) is 15.6. The highest BCUT2D eigenvalue weighted by atomic mass is 127. The summed E-state index contributed by atoms with van der Waals surface area (Å²) in [7, 11) is 1.71. The van der Waals surface area contributed by atoms with Crippen LogP contribution in [0.3, 0.4) is 0 Å². The summed E-state index contributed by atoms with van der Waals surface area (Å²) in [5.74, 6) is 2.64. The highest BCUT2D eigenvalue weighted by Gasteiger charge is 2.21. The maximum absolute atomic E-state index is 5.93. The summed E-state index contributed by atoms with van der Waals surface area (Å²) in [5, 5.41) is 6.73. The molecule has 1 aliphatic carbocycles. The first-order chi connectivity index (χ1) is 11.7. The van der Waals surface area contributed by atoms with E-state index in [1.54, 1.807) is 7.11 Å². The molecule has 0 radical (unpaired) electrons. The first-order valence-corrected chi connectivity index (χ1v) is 8.96. The van der Waals surface area contributed by atoms with Crippen molar-refractivity contribution in [2.24, 2.45) is 10.9 Å². The summed E-state index contributed by atoms with van der Waals surface area (Å²) in [6.07, 6.45) is 3.56. The number of benzene rings is 1. The number of hydrogen-bond donors (Lipinski definition) is 2. The fourth-order valence-corrected chi connectivity index (χ4v) is 2.38. The molecule has 2 rings (SSSR count). The number of guanidine groups is 1. The number of rotatable bonds is 10. The molecule has 0 saturated heterocycles. The monoisotopic (exact) mass is 461 g/mol. The number of halogens is 1. The molecule has 1 aliphatic rings. The predicted octanol–water partition coefficient (Wildman–Crippen LogP) is 3.49. The lowest BCUT2D eigenvalue weighted by Gasteiger charge is -2.13. The molecular weight excluding hydrogens is 429 g/mol. The maximum Gasteiger partial charge on any atom is 0.191 e. The van der Waals surface area contributed by atoms with Gasteiger partial charge in [0.25, 0.3) is 0 Å². The summed E-state index contributed by atoms with van der Waals surface area (Å²) in [6.45, 7) is 8.04. The summed E-state index contributed by atoms with van der Waals surface area (Å²) >= 11 is 0. The van der Waals surface area contributed by atoms with Gasteiger partial charge in [0.1, 0.15) is 5.75 Å². The van der Waals surface area contributed by atoms with Gasteiger partial charge in [-0.15, -0.1) is 24.0 Å². The van der Waals surface area contributed by atoms with Crippen molar-refractivity contribution in [3.8, 4) is 5.75 Å². The van der Waals surface area contributed by atoms with Crippen LogP contribution in [0.25, 0.3) is 0 Å². The van der Waals surface area contributed by atoms with Crippen LogP contribution in [-0.4, -0.2) is 39.4 Å². The first kappa shape index (κ1) is 22.0. The van der Waals surface area contributed by atoms with Gasteiger partial charge in [0.05, 0.1) is 13.2 Å². The summed E-state index contributed by atoms with van der Waals surface area (Å²) in [4.78, 5) is 4.71. The van der Waals surface area contributed by atoms with Gasteiger partial charge >= 0.3 is 0 Å². The van der Waals surface area contributed by atoms with Gasteiger partial charge in [-0.05, 0) is 44.2 Å². The van der Waals surface area contributed by atoms with Crippen molar-refractivity contribution < 1.29 is 9.47 Å². The van der Waals surface area contributed by atoms with E-state index in [0.717, 1.165) is 49.3 Å². The first-order valence-electron chi connectivity index (χ1n) is 8.96. The molecule has 6 heteroatoms. The Balaban J connectivity index is 0.00000312. The van der Waals surface area contributed by atoms with Crippen LogP contribution in [0.15, 0.2) is 23.2 Å². The van der Waals surface area contributed by atoms with Crippen LogP contribution in [0.1, 0.15) is 37.3 Å². The summed E-state index contributed by atoms with van der Waals surface area (Å²) in [6, 6.07) is 6.30. The van der Waals surface area contributed by atoms with Crippen molar-refractivity contribution >= 4 is 29.9 Å². The molecule has 0 amide bonds. The molecule has 1 saturated carbocycles. The van der Waals surface area contributed by atoms with Crippen LogP contribution in [0.5, 0.6) is 5.75 Å². The quantitative estimate of drug-likeness (QED) is 0.243. The van der Waals surface area contributed by atoms with E-state index in [1.807, 2.05) is 0 Å². The Morgan fingerprint density at radius 2 is 2.04 bits per heavy atom. The van der Waals surface area contributed by atoms with Crippen molar-refractivity contribution in [1.82, 2.24) is 10.6 Å². The summed E-state index contributed by atoms with van der Waals surface area (Å²) < 4.78 is 11.0. The smallest absolute Gasteiger partial charge is 0.191 e. The Labute approximate surface area is 169 Å². The fraction of sp³-hybridized carbons (Fsp3) is 0.632. The molecule has 0 aliphatic heterocycles. The van der Waals surface area contributed by atoms with Gasteiger partial charge < -0.3 is 20.1 Å². The minimum absolute atomic E-state index is 0. The fourth-order valence-electron chi connectivity index (χ4n) is 2.38. The van der Waals surface area contributed by atoms with E-state index >= 15 is 0 Å². The van der Waals surface area contributed by atoms with Crippen LogP contribution < -0.4 is 15.4 Å². The van der Waals surface area contributed by atoms with E-state index in [1.165, 1.54) is 18.4 Å². The second-order valence-corrected chi connectivity index (χ2v) is 6.33. The van der Waals surface area contributed by atoms with Gasteiger partial charge in [-0.2, -0.15) is 0 Å². The van der Waals surface area contributed by atoms with E-state index in [0.29, 0.717) is 13.2 Å². The number of methoxy groups -OCH3 is 1. The van der Waals surface area contributed by atoms with Crippen molar-refractivity contribution in [2.45, 2.75) is 39.7 Å². The Morgan fingerprint density at radius 3 is 2.72 bits per heavy atom. The van der Waals surface area contributed by atoms with Crippen LogP contribution in [0.2, 0.25) is 0 Å². The minimum Gasteiger partial charge on any atom is -0.493 e. The molecule has 5 nitrogen and oxygen atoms in total. The van der Waals surface area contributed by atoms with Crippen molar-refractivity contribution in [3.05, 3.63) is 29.3 Å². The lowest BCUT2D eigenvalue weighted by Crippen LogP contribution is -2.38. The summed E-state index contributed by atoms with van der Waals surface area (Å²) in [5.41, 5.74) is 2.31. The molecule has 0 bridgehead atoms. The van der Waals surface area contributed by atoms with Crippen LogP contribution >= 0.6 is 24.0 Å². The molecule has 0 aromatic heterocycles. The average molecular weight is 461 g/mol. The van der Waals surface area contributed by atoms with E-state index in [-0.39, 0.29) is 24.0 Å². The Hall–Kier alpha value is -1.02.